The number of nitrogens with one attached hydrogen (secondary N) is 1. The molecular formula is C27H30F3N9O2S2. The molecule has 11 nitrogen and oxygen atoms in total. The molecule has 1 saturated heterocycles. The molecule has 16 heteroatoms. The first-order chi connectivity index (χ1) is 20.4. The number of nitrogens with two attached hydrogens (primary N) is 2. The van der Waals surface area contributed by atoms with Crippen molar-refractivity contribution < 1.29 is 21.6 Å². The van der Waals surface area contributed by atoms with Crippen molar-refractivity contribution in [3.05, 3.63) is 53.0 Å². The maximum atomic E-state index is 14.4. The second kappa shape index (κ2) is 12.0. The molecule has 0 unspecified atom stereocenters. The molecule has 3 aromatic heterocycles. The van der Waals surface area contributed by atoms with Gasteiger partial charge < -0.3 is 21.7 Å². The number of aryl methyl sites for hydroxylation is 1. The SMILES string of the molecule is CCCN(c1nc(-c2nc(N)cc(N)n2)cs1)c1cc(-c2ccc(S(=O)(=O)N3CCNCC3)nc2C(F)(F)F)ccc1C. The Hall–Kier alpha value is -3.86. The summed E-state index contributed by atoms with van der Waals surface area (Å²) in [4.78, 5) is 18.7. The van der Waals surface area contributed by atoms with Crippen molar-refractivity contribution in [2.45, 2.75) is 31.5 Å². The van der Waals surface area contributed by atoms with Crippen LogP contribution >= 0.6 is 11.3 Å². The summed E-state index contributed by atoms with van der Waals surface area (Å²) in [5, 5.41) is 4.73. The highest BCUT2D eigenvalue weighted by molar-refractivity contribution is 7.89. The van der Waals surface area contributed by atoms with E-state index in [0.29, 0.717) is 42.6 Å². The fraction of sp³-hybridized carbons (Fsp3) is 0.333. The Morgan fingerprint density at radius 3 is 2.37 bits per heavy atom. The molecule has 0 amide bonds. The van der Waals surface area contributed by atoms with Crippen LogP contribution < -0.4 is 21.7 Å². The number of rotatable bonds is 8. The molecule has 0 aliphatic carbocycles. The predicted molar refractivity (Wildman–Crippen MR) is 160 cm³/mol. The summed E-state index contributed by atoms with van der Waals surface area (Å²) in [5.74, 6) is 0.664. The van der Waals surface area contributed by atoms with Crippen molar-refractivity contribution in [2.24, 2.45) is 0 Å². The highest BCUT2D eigenvalue weighted by Crippen LogP contribution is 2.40. The standard InChI is InChI=1S/C27H30F3N9O2S2/c1-3-10-39(26-34-19(15-42-26)25-35-21(31)14-22(32)36-25)20-13-17(5-4-16(20)2)18-6-7-23(37-24(18)27(28,29)30)43(40,41)38-11-8-33-9-12-38/h4-7,13-15,33H,3,8-12H2,1-2H3,(H4,31,32,35,36). The summed E-state index contributed by atoms with van der Waals surface area (Å²) < 4.78 is 70.4. The van der Waals surface area contributed by atoms with Gasteiger partial charge in [-0.1, -0.05) is 19.1 Å². The summed E-state index contributed by atoms with van der Waals surface area (Å²) in [6.07, 6.45) is -4.18. The lowest BCUT2D eigenvalue weighted by Crippen LogP contribution is -2.46. The van der Waals surface area contributed by atoms with E-state index in [4.69, 9.17) is 11.5 Å². The Kier molecular flexibility index (Phi) is 8.56. The van der Waals surface area contributed by atoms with Gasteiger partial charge in [-0.15, -0.1) is 11.3 Å². The Balaban J connectivity index is 1.56. The van der Waals surface area contributed by atoms with E-state index in [1.807, 2.05) is 18.7 Å². The van der Waals surface area contributed by atoms with Gasteiger partial charge in [-0.05, 0) is 42.7 Å². The third-order valence-electron chi connectivity index (χ3n) is 6.79. The zero-order chi connectivity index (χ0) is 30.9. The number of benzene rings is 1. The number of hydrogen-bond acceptors (Lipinski definition) is 11. The van der Waals surface area contributed by atoms with E-state index >= 15 is 0 Å². The molecule has 1 aliphatic heterocycles. The molecule has 43 heavy (non-hydrogen) atoms. The Morgan fingerprint density at radius 1 is 1.02 bits per heavy atom. The summed E-state index contributed by atoms with van der Waals surface area (Å²) in [6, 6.07) is 8.66. The van der Waals surface area contributed by atoms with Crippen LogP contribution in [0, 0.1) is 6.92 Å². The van der Waals surface area contributed by atoms with E-state index in [1.54, 1.807) is 23.6 Å². The number of nitrogens with zero attached hydrogens (tertiary/aromatic N) is 6. The smallest absolute Gasteiger partial charge is 0.384 e. The average molecular weight is 634 g/mol. The van der Waals surface area contributed by atoms with Crippen LogP contribution in [0.15, 0.2) is 46.8 Å². The minimum absolute atomic E-state index is 0.150. The van der Waals surface area contributed by atoms with Gasteiger partial charge in [-0.25, -0.2) is 28.4 Å². The Bertz CT molecular complexity index is 1720. The van der Waals surface area contributed by atoms with Gasteiger partial charge in [0.2, 0.25) is 0 Å². The van der Waals surface area contributed by atoms with Crippen molar-refractivity contribution in [1.82, 2.24) is 29.6 Å². The number of hydrogen-bond donors (Lipinski definition) is 3. The third kappa shape index (κ3) is 6.41. The van der Waals surface area contributed by atoms with Crippen molar-refractivity contribution in [1.29, 1.82) is 0 Å². The van der Waals surface area contributed by atoms with E-state index in [1.165, 1.54) is 23.5 Å². The zero-order valence-corrected chi connectivity index (χ0v) is 25.0. The first-order valence-corrected chi connectivity index (χ1v) is 15.7. The Morgan fingerprint density at radius 2 is 1.72 bits per heavy atom. The van der Waals surface area contributed by atoms with Crippen LogP contribution in [-0.4, -0.2) is 65.4 Å². The Labute approximate surface area is 250 Å². The van der Waals surface area contributed by atoms with Crippen molar-refractivity contribution in [3.8, 4) is 22.6 Å². The average Bonchev–Trinajstić information content (AvgIpc) is 3.46. The summed E-state index contributed by atoms with van der Waals surface area (Å²) >= 11 is 1.32. The number of halogens is 3. The van der Waals surface area contributed by atoms with Crippen molar-refractivity contribution in [3.63, 3.8) is 0 Å². The fourth-order valence-electron chi connectivity index (χ4n) is 4.75. The monoisotopic (exact) mass is 633 g/mol. The van der Waals surface area contributed by atoms with Crippen LogP contribution in [0.1, 0.15) is 24.6 Å². The van der Waals surface area contributed by atoms with Crippen LogP contribution in [0.25, 0.3) is 22.6 Å². The summed E-state index contributed by atoms with van der Waals surface area (Å²) in [6.45, 7) is 5.46. The second-order valence-electron chi connectivity index (χ2n) is 9.91. The first kappa shape index (κ1) is 30.6. The molecule has 4 heterocycles. The highest BCUT2D eigenvalue weighted by atomic mass is 32.2. The van der Waals surface area contributed by atoms with E-state index in [9.17, 15) is 21.6 Å². The molecule has 0 spiro atoms. The zero-order valence-electron chi connectivity index (χ0n) is 23.4. The largest absolute Gasteiger partial charge is 0.434 e. The molecule has 1 aliphatic rings. The molecule has 0 bridgehead atoms. The minimum Gasteiger partial charge on any atom is -0.384 e. The minimum atomic E-state index is -4.90. The van der Waals surface area contributed by atoms with Gasteiger partial charge in [0, 0.05) is 55.4 Å². The normalized spacial score (nSPS) is 14.6. The van der Waals surface area contributed by atoms with Crippen molar-refractivity contribution in [2.75, 3.05) is 49.1 Å². The lowest BCUT2D eigenvalue weighted by atomic mass is 10.0. The maximum Gasteiger partial charge on any atom is 0.434 e. The summed E-state index contributed by atoms with van der Waals surface area (Å²) in [5.41, 5.74) is 12.3. The second-order valence-corrected chi connectivity index (χ2v) is 12.6. The van der Waals surface area contributed by atoms with Gasteiger partial charge in [-0.3, -0.25) is 0 Å². The molecule has 4 aromatic rings. The first-order valence-electron chi connectivity index (χ1n) is 13.4. The van der Waals surface area contributed by atoms with E-state index in [0.717, 1.165) is 15.9 Å². The molecule has 5 N–H and O–H groups in total. The molecule has 0 atom stereocenters. The number of sulfonamides is 1. The molecule has 0 saturated carbocycles. The highest BCUT2D eigenvalue weighted by Gasteiger charge is 2.38. The van der Waals surface area contributed by atoms with Crippen LogP contribution in [0.5, 0.6) is 0 Å². The molecular weight excluding hydrogens is 603 g/mol. The van der Waals surface area contributed by atoms with Crippen LogP contribution in [-0.2, 0) is 16.2 Å². The maximum absolute atomic E-state index is 14.4. The number of nitrogen functional groups attached to an aromatic ring is 2. The van der Waals surface area contributed by atoms with Crippen LogP contribution in [0.2, 0.25) is 0 Å². The third-order valence-corrected chi connectivity index (χ3v) is 9.46. The predicted octanol–water partition coefficient (Wildman–Crippen LogP) is 4.30. The van der Waals surface area contributed by atoms with Gasteiger partial charge in [0.15, 0.2) is 21.7 Å². The lowest BCUT2D eigenvalue weighted by Gasteiger charge is -2.26. The van der Waals surface area contributed by atoms with E-state index in [-0.39, 0.29) is 41.7 Å². The van der Waals surface area contributed by atoms with E-state index in [2.05, 4.69) is 25.3 Å². The van der Waals surface area contributed by atoms with Gasteiger partial charge >= 0.3 is 6.18 Å². The van der Waals surface area contributed by atoms with Crippen molar-refractivity contribution >= 4 is 43.8 Å². The number of aromatic nitrogens is 4. The molecule has 1 aromatic carbocycles. The molecule has 0 radical (unpaired) electrons. The quantitative estimate of drug-likeness (QED) is 0.256. The van der Waals surface area contributed by atoms with Crippen LogP contribution in [0.4, 0.5) is 35.6 Å². The number of alkyl halides is 3. The lowest BCUT2D eigenvalue weighted by molar-refractivity contribution is -0.141. The number of anilines is 4. The topological polar surface area (TPSA) is 156 Å². The van der Waals surface area contributed by atoms with Gasteiger partial charge in [0.25, 0.3) is 10.0 Å². The number of piperazine rings is 1. The number of pyridine rings is 1. The molecule has 228 valence electrons. The van der Waals surface area contributed by atoms with Gasteiger partial charge in [0.05, 0.1) is 0 Å². The summed E-state index contributed by atoms with van der Waals surface area (Å²) in [7, 11) is -4.20. The van der Waals surface area contributed by atoms with Crippen LogP contribution in [0.3, 0.4) is 0 Å². The number of thiazole rings is 1. The molecule has 1 fully saturated rings. The van der Waals surface area contributed by atoms with E-state index < -0.39 is 26.9 Å². The molecule has 5 rings (SSSR count). The van der Waals surface area contributed by atoms with Gasteiger partial charge in [-0.2, -0.15) is 17.5 Å². The fourth-order valence-corrected chi connectivity index (χ4v) is 6.97. The van der Waals surface area contributed by atoms with Gasteiger partial charge in [0.1, 0.15) is 17.3 Å².